The van der Waals surface area contributed by atoms with Gasteiger partial charge in [-0.3, -0.25) is 0 Å². The molecule has 1 fully saturated rings. The molecule has 0 aliphatic carbocycles. The van der Waals surface area contributed by atoms with E-state index in [0.29, 0.717) is 6.04 Å². The van der Waals surface area contributed by atoms with Crippen LogP contribution < -0.4 is 5.32 Å². The topological polar surface area (TPSA) is 28.2 Å². The van der Waals surface area contributed by atoms with Crippen molar-refractivity contribution in [3.63, 3.8) is 0 Å². The molecule has 0 saturated carbocycles. The second-order valence-electron chi connectivity index (χ2n) is 4.81. The van der Waals surface area contributed by atoms with Gasteiger partial charge in [0.2, 0.25) is 0 Å². The molecule has 2 heterocycles. The van der Waals surface area contributed by atoms with E-state index < -0.39 is 0 Å². The molecule has 17 heavy (non-hydrogen) atoms. The third kappa shape index (κ3) is 4.05. The summed E-state index contributed by atoms with van der Waals surface area (Å²) in [6.07, 6.45) is 5.87. The van der Waals surface area contributed by atoms with Crippen LogP contribution in [0.2, 0.25) is 0 Å². The van der Waals surface area contributed by atoms with Crippen LogP contribution in [0.3, 0.4) is 0 Å². The van der Waals surface area contributed by atoms with E-state index in [9.17, 15) is 0 Å². The molecule has 0 aromatic carbocycles. The molecule has 0 spiro atoms. The predicted octanol–water partition coefficient (Wildman–Crippen LogP) is 2.42. The Bertz CT molecular complexity index is 337. The van der Waals surface area contributed by atoms with E-state index in [1.165, 1.54) is 48.8 Å². The van der Waals surface area contributed by atoms with Crippen LogP contribution in [-0.4, -0.2) is 35.6 Å². The summed E-state index contributed by atoms with van der Waals surface area (Å²) in [5.74, 6) is 0. The first-order chi connectivity index (χ1) is 8.28. The lowest BCUT2D eigenvalue weighted by atomic mass is 10.1. The van der Waals surface area contributed by atoms with Gasteiger partial charge in [-0.2, -0.15) is 0 Å². The van der Waals surface area contributed by atoms with Gasteiger partial charge in [-0.1, -0.05) is 6.92 Å². The number of thiazole rings is 1. The number of hydrogen-bond acceptors (Lipinski definition) is 4. The van der Waals surface area contributed by atoms with Crippen molar-refractivity contribution in [2.24, 2.45) is 0 Å². The monoisotopic (exact) mass is 253 g/mol. The minimum Gasteiger partial charge on any atom is -0.308 e. The summed E-state index contributed by atoms with van der Waals surface area (Å²) in [6, 6.07) is 0.677. The molecule has 1 aromatic rings. The molecule has 1 saturated heterocycles. The lowest BCUT2D eigenvalue weighted by molar-refractivity contribution is 0.297. The van der Waals surface area contributed by atoms with Crippen LogP contribution in [0.4, 0.5) is 0 Å². The summed E-state index contributed by atoms with van der Waals surface area (Å²) in [5, 5.41) is 4.88. The van der Waals surface area contributed by atoms with Gasteiger partial charge in [-0.15, -0.1) is 11.3 Å². The van der Waals surface area contributed by atoms with Crippen molar-refractivity contribution < 1.29 is 0 Å². The molecule has 1 aliphatic heterocycles. The predicted molar refractivity (Wildman–Crippen MR) is 73.4 cm³/mol. The van der Waals surface area contributed by atoms with Gasteiger partial charge < -0.3 is 10.2 Å². The summed E-state index contributed by atoms with van der Waals surface area (Å²) in [4.78, 5) is 8.26. The van der Waals surface area contributed by atoms with Crippen molar-refractivity contribution in [2.45, 2.75) is 45.7 Å². The molecular weight excluding hydrogens is 230 g/mol. The molecule has 2 rings (SSSR count). The summed E-state index contributed by atoms with van der Waals surface area (Å²) in [7, 11) is 0. The van der Waals surface area contributed by atoms with E-state index in [1.807, 2.05) is 6.20 Å². The first kappa shape index (κ1) is 13.0. The van der Waals surface area contributed by atoms with Crippen LogP contribution in [-0.2, 0) is 6.54 Å². The summed E-state index contributed by atoms with van der Waals surface area (Å²) >= 11 is 1.80. The fraction of sp³-hybridized carbons (Fsp3) is 0.769. The van der Waals surface area contributed by atoms with Crippen molar-refractivity contribution in [1.82, 2.24) is 15.2 Å². The zero-order chi connectivity index (χ0) is 12.1. The second kappa shape index (κ2) is 6.47. The van der Waals surface area contributed by atoms with Crippen molar-refractivity contribution in [2.75, 3.05) is 19.6 Å². The number of likely N-dealkylation sites (tertiary alicyclic amines) is 1. The summed E-state index contributed by atoms with van der Waals surface area (Å²) in [5.41, 5.74) is 0. The Labute approximate surface area is 108 Å². The molecule has 1 aliphatic rings. The molecule has 4 heteroatoms. The minimum atomic E-state index is 0.677. The Morgan fingerprint density at radius 3 is 3.06 bits per heavy atom. The van der Waals surface area contributed by atoms with Gasteiger partial charge in [0, 0.05) is 23.7 Å². The zero-order valence-corrected chi connectivity index (χ0v) is 11.7. The van der Waals surface area contributed by atoms with E-state index in [2.05, 4.69) is 29.0 Å². The van der Waals surface area contributed by atoms with Gasteiger partial charge in [0.1, 0.15) is 5.01 Å². The number of nitrogens with zero attached hydrogens (tertiary/aromatic N) is 2. The fourth-order valence-corrected chi connectivity index (χ4v) is 3.13. The maximum Gasteiger partial charge on any atom is 0.107 e. The van der Waals surface area contributed by atoms with E-state index >= 15 is 0 Å². The number of rotatable bonds is 4. The van der Waals surface area contributed by atoms with Crippen molar-refractivity contribution in [1.29, 1.82) is 0 Å². The van der Waals surface area contributed by atoms with Crippen molar-refractivity contribution in [3.8, 4) is 0 Å². The fourth-order valence-electron chi connectivity index (χ4n) is 2.39. The lowest BCUT2D eigenvalue weighted by Crippen LogP contribution is -2.30. The average molecular weight is 253 g/mol. The second-order valence-corrected chi connectivity index (χ2v) is 6.13. The third-order valence-corrected chi connectivity index (χ3v) is 4.39. The van der Waals surface area contributed by atoms with Crippen molar-refractivity contribution in [3.05, 3.63) is 16.1 Å². The summed E-state index contributed by atoms with van der Waals surface area (Å²) in [6.45, 7) is 9.02. The molecular formula is C13H23N3S. The number of aromatic nitrogens is 1. The molecule has 1 unspecified atom stereocenters. The normalized spacial score (nSPS) is 22.6. The van der Waals surface area contributed by atoms with Crippen LogP contribution in [0.1, 0.15) is 36.1 Å². The van der Waals surface area contributed by atoms with Gasteiger partial charge in [0.05, 0.1) is 0 Å². The van der Waals surface area contributed by atoms with E-state index in [4.69, 9.17) is 0 Å². The zero-order valence-electron chi connectivity index (χ0n) is 10.9. The first-order valence-corrected chi connectivity index (χ1v) is 7.46. The van der Waals surface area contributed by atoms with Gasteiger partial charge in [-0.25, -0.2) is 4.98 Å². The van der Waals surface area contributed by atoms with Gasteiger partial charge in [-0.05, 0) is 45.8 Å². The molecule has 0 amide bonds. The smallest absolute Gasteiger partial charge is 0.107 e. The maximum atomic E-state index is 4.40. The number of aryl methyl sites for hydroxylation is 1. The quantitative estimate of drug-likeness (QED) is 0.893. The first-order valence-electron chi connectivity index (χ1n) is 6.65. The SMILES string of the molecule is CCN1CCCC(NCc2ncc(C)s2)CC1. The highest BCUT2D eigenvalue weighted by molar-refractivity contribution is 7.11. The molecule has 96 valence electrons. The number of nitrogens with one attached hydrogen (secondary N) is 1. The van der Waals surface area contributed by atoms with Crippen molar-refractivity contribution >= 4 is 11.3 Å². The van der Waals surface area contributed by atoms with Gasteiger partial charge in [0.25, 0.3) is 0 Å². The highest BCUT2D eigenvalue weighted by atomic mass is 32.1. The Morgan fingerprint density at radius 1 is 1.47 bits per heavy atom. The Kier molecular flexibility index (Phi) is 4.95. The van der Waals surface area contributed by atoms with E-state index in [-0.39, 0.29) is 0 Å². The highest BCUT2D eigenvalue weighted by Crippen LogP contribution is 2.14. The molecule has 1 atom stereocenters. The van der Waals surface area contributed by atoms with Crippen LogP contribution in [0, 0.1) is 6.92 Å². The highest BCUT2D eigenvalue weighted by Gasteiger charge is 2.15. The Balaban J connectivity index is 1.75. The van der Waals surface area contributed by atoms with E-state index in [0.717, 1.165) is 6.54 Å². The standard InChI is InChI=1S/C13H23N3S/c1-3-16-7-4-5-12(6-8-16)14-10-13-15-9-11(2)17-13/h9,12,14H,3-8,10H2,1-2H3. The minimum absolute atomic E-state index is 0.677. The number of hydrogen-bond donors (Lipinski definition) is 1. The molecule has 1 N–H and O–H groups in total. The average Bonchev–Trinajstić information content (AvgIpc) is 2.63. The molecule has 1 aromatic heterocycles. The maximum absolute atomic E-state index is 4.40. The van der Waals surface area contributed by atoms with E-state index in [1.54, 1.807) is 11.3 Å². The lowest BCUT2D eigenvalue weighted by Gasteiger charge is -2.18. The molecule has 0 radical (unpaired) electrons. The van der Waals surface area contributed by atoms with Crippen LogP contribution in [0.15, 0.2) is 6.20 Å². The van der Waals surface area contributed by atoms with Crippen LogP contribution >= 0.6 is 11.3 Å². The summed E-state index contributed by atoms with van der Waals surface area (Å²) < 4.78 is 0. The molecule has 0 bridgehead atoms. The molecule has 3 nitrogen and oxygen atoms in total. The van der Waals surface area contributed by atoms with Gasteiger partial charge >= 0.3 is 0 Å². The Morgan fingerprint density at radius 2 is 2.35 bits per heavy atom. The third-order valence-electron chi connectivity index (χ3n) is 3.48. The Hall–Kier alpha value is -0.450. The largest absolute Gasteiger partial charge is 0.308 e. The van der Waals surface area contributed by atoms with Crippen LogP contribution in [0.5, 0.6) is 0 Å². The van der Waals surface area contributed by atoms with Crippen LogP contribution in [0.25, 0.3) is 0 Å². The van der Waals surface area contributed by atoms with Gasteiger partial charge in [0.15, 0.2) is 0 Å².